The lowest BCUT2D eigenvalue weighted by Crippen LogP contribution is -2.33. The van der Waals surface area contributed by atoms with Crippen LogP contribution in [0.15, 0.2) is 18.2 Å². The maximum absolute atomic E-state index is 13.9. The van der Waals surface area contributed by atoms with Gasteiger partial charge in [-0.05, 0) is 38.0 Å². The quantitative estimate of drug-likeness (QED) is 0.916. The van der Waals surface area contributed by atoms with Crippen molar-refractivity contribution >= 4 is 11.8 Å². The highest BCUT2D eigenvalue weighted by molar-refractivity contribution is 7.99. The Kier molecular flexibility index (Phi) is 5.24. The van der Waals surface area contributed by atoms with Gasteiger partial charge >= 0.3 is 0 Å². The van der Waals surface area contributed by atoms with Crippen LogP contribution in [0.3, 0.4) is 0 Å². The normalized spacial score (nSPS) is 23.0. The summed E-state index contributed by atoms with van der Waals surface area (Å²) in [5.74, 6) is -0.379. The van der Waals surface area contributed by atoms with Crippen molar-refractivity contribution in [1.29, 1.82) is 5.26 Å². The Morgan fingerprint density at radius 2 is 2.11 bits per heavy atom. The van der Waals surface area contributed by atoms with Crippen molar-refractivity contribution in [2.24, 2.45) is 0 Å². The summed E-state index contributed by atoms with van der Waals surface area (Å²) in [5, 5.41) is 13.0. The van der Waals surface area contributed by atoms with E-state index in [0.29, 0.717) is 18.2 Å². The molecule has 0 atom stereocenters. The smallest absolute Gasteiger partial charge is 0.145 e. The fourth-order valence-corrected chi connectivity index (χ4v) is 3.30. The van der Waals surface area contributed by atoms with Crippen LogP contribution >= 0.6 is 11.8 Å². The van der Waals surface area contributed by atoms with Crippen LogP contribution in [0.5, 0.6) is 0 Å². The van der Waals surface area contributed by atoms with Crippen molar-refractivity contribution in [1.82, 2.24) is 5.32 Å². The number of benzene rings is 1. The first-order chi connectivity index (χ1) is 9.24. The molecule has 0 spiro atoms. The SMILES string of the molecule is CSC1CCC(NCc2cccc(C#N)c2F)CC1. The molecule has 4 heteroatoms. The van der Waals surface area contributed by atoms with Crippen molar-refractivity contribution in [2.75, 3.05) is 6.26 Å². The molecule has 1 N–H and O–H groups in total. The van der Waals surface area contributed by atoms with E-state index in [2.05, 4.69) is 11.6 Å². The average molecular weight is 278 g/mol. The van der Waals surface area contributed by atoms with E-state index in [0.717, 1.165) is 18.1 Å². The summed E-state index contributed by atoms with van der Waals surface area (Å²) in [7, 11) is 0. The van der Waals surface area contributed by atoms with Gasteiger partial charge in [-0.3, -0.25) is 0 Å². The minimum Gasteiger partial charge on any atom is -0.310 e. The molecule has 2 nitrogen and oxygen atoms in total. The Balaban J connectivity index is 1.88. The molecule has 1 aliphatic carbocycles. The molecular formula is C15H19FN2S. The monoisotopic (exact) mass is 278 g/mol. The maximum Gasteiger partial charge on any atom is 0.145 e. The molecule has 0 aliphatic heterocycles. The first kappa shape index (κ1) is 14.4. The lowest BCUT2D eigenvalue weighted by Gasteiger charge is -2.28. The van der Waals surface area contributed by atoms with Gasteiger partial charge in [0.1, 0.15) is 11.9 Å². The largest absolute Gasteiger partial charge is 0.310 e. The molecule has 102 valence electrons. The highest BCUT2D eigenvalue weighted by atomic mass is 32.2. The summed E-state index contributed by atoms with van der Waals surface area (Å²) in [5.41, 5.74) is 0.719. The Labute approximate surface area is 118 Å². The van der Waals surface area contributed by atoms with Crippen LogP contribution < -0.4 is 5.32 Å². The Hall–Kier alpha value is -1.05. The van der Waals surface area contributed by atoms with E-state index in [1.807, 2.05) is 17.8 Å². The summed E-state index contributed by atoms with van der Waals surface area (Å²) < 4.78 is 13.9. The van der Waals surface area contributed by atoms with E-state index >= 15 is 0 Å². The fourth-order valence-electron chi connectivity index (χ4n) is 2.56. The number of halogens is 1. The van der Waals surface area contributed by atoms with E-state index in [4.69, 9.17) is 5.26 Å². The highest BCUT2D eigenvalue weighted by Crippen LogP contribution is 2.27. The third kappa shape index (κ3) is 3.71. The molecule has 1 aromatic rings. The molecule has 0 aromatic heterocycles. The van der Waals surface area contributed by atoms with Crippen LogP contribution in [0.1, 0.15) is 36.8 Å². The predicted molar refractivity (Wildman–Crippen MR) is 77.5 cm³/mol. The minimum atomic E-state index is -0.379. The third-order valence-corrected chi connectivity index (χ3v) is 4.93. The molecule has 1 fully saturated rings. The van der Waals surface area contributed by atoms with Crippen LogP contribution in [-0.4, -0.2) is 17.5 Å². The van der Waals surface area contributed by atoms with E-state index < -0.39 is 0 Å². The first-order valence-electron chi connectivity index (χ1n) is 6.68. The van der Waals surface area contributed by atoms with E-state index in [9.17, 15) is 4.39 Å². The molecule has 1 aliphatic rings. The average Bonchev–Trinajstić information content (AvgIpc) is 2.47. The Bertz CT molecular complexity index is 462. The second kappa shape index (κ2) is 6.93. The number of rotatable bonds is 4. The molecule has 19 heavy (non-hydrogen) atoms. The van der Waals surface area contributed by atoms with Crippen LogP contribution in [0.2, 0.25) is 0 Å². The van der Waals surface area contributed by atoms with Crippen molar-refractivity contribution < 1.29 is 4.39 Å². The van der Waals surface area contributed by atoms with Gasteiger partial charge in [-0.15, -0.1) is 0 Å². The van der Waals surface area contributed by atoms with Crippen LogP contribution in [0, 0.1) is 17.1 Å². The van der Waals surface area contributed by atoms with Gasteiger partial charge in [-0.25, -0.2) is 4.39 Å². The van der Waals surface area contributed by atoms with Crippen molar-refractivity contribution in [3.8, 4) is 6.07 Å². The van der Waals surface area contributed by atoms with Gasteiger partial charge in [-0.1, -0.05) is 12.1 Å². The van der Waals surface area contributed by atoms with E-state index in [1.165, 1.54) is 18.9 Å². The lowest BCUT2D eigenvalue weighted by molar-refractivity contribution is 0.376. The molecule has 0 bridgehead atoms. The molecule has 0 saturated heterocycles. The second-order valence-electron chi connectivity index (χ2n) is 4.98. The molecular weight excluding hydrogens is 259 g/mol. The second-order valence-corrected chi connectivity index (χ2v) is 6.12. The van der Waals surface area contributed by atoms with Crippen molar-refractivity contribution in [3.63, 3.8) is 0 Å². The van der Waals surface area contributed by atoms with Crippen molar-refractivity contribution in [2.45, 2.75) is 43.5 Å². The molecule has 1 saturated carbocycles. The topological polar surface area (TPSA) is 35.8 Å². The number of thioether (sulfide) groups is 1. The minimum absolute atomic E-state index is 0.130. The molecule has 1 aromatic carbocycles. The Morgan fingerprint density at radius 3 is 2.74 bits per heavy atom. The molecule has 0 unspecified atom stereocenters. The lowest BCUT2D eigenvalue weighted by atomic mass is 9.95. The maximum atomic E-state index is 13.9. The first-order valence-corrected chi connectivity index (χ1v) is 7.97. The van der Waals surface area contributed by atoms with Gasteiger partial charge in [0.15, 0.2) is 0 Å². The summed E-state index contributed by atoms with van der Waals surface area (Å²) in [6.45, 7) is 0.510. The number of hydrogen-bond acceptors (Lipinski definition) is 3. The Morgan fingerprint density at radius 1 is 1.37 bits per heavy atom. The highest BCUT2D eigenvalue weighted by Gasteiger charge is 2.20. The van der Waals surface area contributed by atoms with Gasteiger partial charge in [0.2, 0.25) is 0 Å². The van der Waals surface area contributed by atoms with E-state index in [1.54, 1.807) is 12.1 Å². The fraction of sp³-hybridized carbons (Fsp3) is 0.533. The zero-order valence-corrected chi connectivity index (χ0v) is 12.0. The molecule has 0 amide bonds. The zero-order chi connectivity index (χ0) is 13.7. The van der Waals surface area contributed by atoms with Crippen LogP contribution in [0.25, 0.3) is 0 Å². The zero-order valence-electron chi connectivity index (χ0n) is 11.2. The summed E-state index contributed by atoms with van der Waals surface area (Å²) >= 11 is 1.95. The molecule has 2 rings (SSSR count). The standard InChI is InChI=1S/C15H19FN2S/c1-19-14-7-5-13(6-8-14)18-10-12-4-2-3-11(9-17)15(12)16/h2-4,13-14,18H,5-8,10H2,1H3. The van der Waals surface area contributed by atoms with Crippen molar-refractivity contribution in [3.05, 3.63) is 35.1 Å². The van der Waals surface area contributed by atoms with Gasteiger partial charge in [-0.2, -0.15) is 17.0 Å². The number of hydrogen-bond donors (Lipinski definition) is 1. The third-order valence-electron chi connectivity index (χ3n) is 3.79. The summed E-state index contributed by atoms with van der Waals surface area (Å²) in [6.07, 6.45) is 6.95. The summed E-state index contributed by atoms with van der Waals surface area (Å²) in [6, 6.07) is 7.36. The molecule has 0 radical (unpaired) electrons. The van der Waals surface area contributed by atoms with E-state index in [-0.39, 0.29) is 11.4 Å². The van der Waals surface area contributed by atoms with Gasteiger partial charge in [0.05, 0.1) is 5.56 Å². The number of nitriles is 1. The predicted octanol–water partition coefficient (Wildman–Crippen LogP) is 3.46. The number of nitrogens with one attached hydrogen (secondary N) is 1. The summed E-state index contributed by atoms with van der Waals surface area (Å²) in [4.78, 5) is 0. The molecule has 0 heterocycles. The van der Waals surface area contributed by atoms with Crippen LogP contribution in [-0.2, 0) is 6.54 Å². The van der Waals surface area contributed by atoms with Gasteiger partial charge in [0.25, 0.3) is 0 Å². The van der Waals surface area contributed by atoms with Gasteiger partial charge < -0.3 is 5.32 Å². The number of nitrogens with zero attached hydrogens (tertiary/aromatic N) is 1. The van der Waals surface area contributed by atoms with Crippen LogP contribution in [0.4, 0.5) is 4.39 Å². The van der Waals surface area contributed by atoms with Gasteiger partial charge in [0, 0.05) is 23.4 Å².